The Balaban J connectivity index is 1.53. The molecule has 0 radical (unpaired) electrons. The first-order valence-electron chi connectivity index (χ1n) is 12.2. The number of non-ortho nitro benzene ring substituents is 1. The Hall–Kier alpha value is -4.76. The Morgan fingerprint density at radius 1 is 1.10 bits per heavy atom. The highest BCUT2D eigenvalue weighted by atomic mass is 35.5. The molecular weight excluding hydrogens is 518 g/mol. The minimum atomic E-state index is -0.536. The molecule has 196 valence electrons. The van der Waals surface area contributed by atoms with Gasteiger partial charge in [-0.3, -0.25) is 19.6 Å². The molecule has 9 nitrogen and oxygen atoms in total. The van der Waals surface area contributed by atoms with Crippen LogP contribution in [-0.4, -0.2) is 25.6 Å². The smallest absolute Gasteiger partial charge is 0.275 e. The number of fused-ring (bicyclic) bond motifs is 1. The lowest BCUT2D eigenvalue weighted by atomic mass is 10.0. The van der Waals surface area contributed by atoms with Crippen molar-refractivity contribution < 1.29 is 14.5 Å². The number of hydrogen-bond donors (Lipinski definition) is 1. The Bertz CT molecular complexity index is 1750. The molecule has 0 spiro atoms. The van der Waals surface area contributed by atoms with Crippen molar-refractivity contribution in [1.29, 1.82) is 0 Å². The van der Waals surface area contributed by atoms with Gasteiger partial charge in [0.1, 0.15) is 11.5 Å². The summed E-state index contributed by atoms with van der Waals surface area (Å²) >= 11 is 6.03. The van der Waals surface area contributed by atoms with E-state index in [0.29, 0.717) is 39.5 Å². The second-order valence-corrected chi connectivity index (χ2v) is 9.43. The maximum absolute atomic E-state index is 13.6. The number of carbonyl (C=O) groups excluding carboxylic acids is 1. The summed E-state index contributed by atoms with van der Waals surface area (Å²) in [5.74, 6) is 0.252. The van der Waals surface area contributed by atoms with Crippen LogP contribution in [0.1, 0.15) is 28.5 Å². The number of hydrogen-bond acceptors (Lipinski definition) is 6. The number of halogens is 1. The number of amides is 1. The van der Waals surface area contributed by atoms with Crippen molar-refractivity contribution >= 4 is 39.8 Å². The van der Waals surface area contributed by atoms with E-state index >= 15 is 0 Å². The van der Waals surface area contributed by atoms with Gasteiger partial charge < -0.3 is 10.1 Å². The molecule has 1 amide bonds. The van der Waals surface area contributed by atoms with Crippen LogP contribution in [0, 0.1) is 24.0 Å². The summed E-state index contributed by atoms with van der Waals surface area (Å²) in [5.41, 5.74) is 4.00. The number of nitro groups is 1. The minimum Gasteiger partial charge on any atom is -0.457 e. The highest BCUT2D eigenvalue weighted by Gasteiger charge is 2.19. The number of aromatic nitrogens is 3. The molecule has 0 unspecified atom stereocenters. The van der Waals surface area contributed by atoms with Crippen molar-refractivity contribution in [3.05, 3.63) is 105 Å². The Morgan fingerprint density at radius 3 is 2.62 bits per heavy atom. The first-order valence-corrected chi connectivity index (χ1v) is 12.6. The number of benzene rings is 3. The summed E-state index contributed by atoms with van der Waals surface area (Å²) in [4.78, 5) is 29.5. The van der Waals surface area contributed by atoms with Crippen molar-refractivity contribution in [3.8, 4) is 22.8 Å². The molecule has 0 saturated carbocycles. The molecule has 10 heteroatoms. The number of aryl methyl sites for hydroxylation is 3. The van der Waals surface area contributed by atoms with Crippen LogP contribution in [0.4, 0.5) is 11.4 Å². The molecule has 5 aromatic rings. The molecule has 3 aromatic carbocycles. The van der Waals surface area contributed by atoms with Crippen LogP contribution in [0.15, 0.2) is 72.9 Å². The highest BCUT2D eigenvalue weighted by molar-refractivity contribution is 6.30. The fourth-order valence-corrected chi connectivity index (χ4v) is 4.53. The van der Waals surface area contributed by atoms with E-state index in [9.17, 15) is 14.9 Å². The fourth-order valence-electron chi connectivity index (χ4n) is 4.31. The van der Waals surface area contributed by atoms with E-state index in [4.69, 9.17) is 21.3 Å². The summed E-state index contributed by atoms with van der Waals surface area (Å²) < 4.78 is 7.74. The summed E-state index contributed by atoms with van der Waals surface area (Å²) in [6.07, 6.45) is 1.90. The van der Waals surface area contributed by atoms with Gasteiger partial charge in [0.15, 0.2) is 0 Å². The molecule has 0 aliphatic carbocycles. The lowest BCUT2D eigenvalue weighted by molar-refractivity contribution is -0.384. The van der Waals surface area contributed by atoms with E-state index in [1.54, 1.807) is 30.3 Å². The number of nitrogens with one attached hydrogen (secondary N) is 1. The second kappa shape index (κ2) is 10.5. The number of anilines is 1. The predicted octanol–water partition coefficient (Wildman–Crippen LogP) is 7.34. The van der Waals surface area contributed by atoms with E-state index in [0.717, 1.165) is 16.8 Å². The third-order valence-electron chi connectivity index (χ3n) is 6.23. The van der Waals surface area contributed by atoms with Crippen LogP contribution in [0.5, 0.6) is 11.5 Å². The van der Waals surface area contributed by atoms with E-state index in [-0.39, 0.29) is 17.1 Å². The van der Waals surface area contributed by atoms with Gasteiger partial charge >= 0.3 is 0 Å². The average Bonchev–Trinajstić information content (AvgIpc) is 3.30. The second-order valence-electron chi connectivity index (χ2n) is 8.99. The zero-order valence-electron chi connectivity index (χ0n) is 21.4. The van der Waals surface area contributed by atoms with Crippen molar-refractivity contribution in [2.75, 3.05) is 5.32 Å². The SMILES string of the molecule is CCn1cc(-c2cc(C(=O)Nc3cc(Oc4ccc(Cl)cc4C)cc([N+](=O)[O-])c3)c3ccccc3n2)c(C)n1. The average molecular weight is 542 g/mol. The zero-order chi connectivity index (χ0) is 27.7. The van der Waals surface area contributed by atoms with E-state index in [1.807, 2.05) is 55.9 Å². The van der Waals surface area contributed by atoms with Crippen molar-refractivity contribution in [2.45, 2.75) is 27.3 Å². The molecular formula is C29H24ClN5O4. The molecule has 0 aliphatic heterocycles. The Morgan fingerprint density at radius 2 is 1.90 bits per heavy atom. The quantitative estimate of drug-likeness (QED) is 0.170. The van der Waals surface area contributed by atoms with Gasteiger partial charge in [0.25, 0.3) is 11.6 Å². The predicted molar refractivity (Wildman–Crippen MR) is 151 cm³/mol. The van der Waals surface area contributed by atoms with Crippen LogP contribution >= 0.6 is 11.6 Å². The van der Waals surface area contributed by atoms with Gasteiger partial charge in [-0.05, 0) is 56.7 Å². The van der Waals surface area contributed by atoms with Crippen molar-refractivity contribution in [3.63, 3.8) is 0 Å². The van der Waals surface area contributed by atoms with Crippen LogP contribution in [0.3, 0.4) is 0 Å². The molecule has 0 bridgehead atoms. The van der Waals surface area contributed by atoms with Gasteiger partial charge in [-0.2, -0.15) is 5.10 Å². The molecule has 0 saturated heterocycles. The van der Waals surface area contributed by atoms with Gasteiger partial charge in [-0.15, -0.1) is 0 Å². The van der Waals surface area contributed by atoms with Crippen LogP contribution < -0.4 is 10.1 Å². The van der Waals surface area contributed by atoms with Gasteiger partial charge in [0, 0.05) is 40.8 Å². The van der Waals surface area contributed by atoms with Crippen molar-refractivity contribution in [2.24, 2.45) is 0 Å². The molecule has 0 atom stereocenters. The van der Waals surface area contributed by atoms with Gasteiger partial charge in [0.05, 0.1) is 39.1 Å². The van der Waals surface area contributed by atoms with Gasteiger partial charge in [0.2, 0.25) is 0 Å². The fraction of sp³-hybridized carbons (Fsp3) is 0.138. The summed E-state index contributed by atoms with van der Waals surface area (Å²) in [6.45, 7) is 6.41. The number of carbonyl (C=O) groups is 1. The molecule has 2 heterocycles. The van der Waals surface area contributed by atoms with Crippen molar-refractivity contribution in [1.82, 2.24) is 14.8 Å². The molecule has 5 rings (SSSR count). The standard InChI is InChI=1S/C29H24ClN5O4/c1-4-34-16-25(18(3)33-34)27-15-24(23-7-5-6-8-26(23)32-27)29(36)31-20-12-21(35(37)38)14-22(13-20)39-28-10-9-19(30)11-17(28)2/h5-16H,4H2,1-3H3,(H,31,36). The normalized spacial score (nSPS) is 11.0. The van der Waals surface area contributed by atoms with Crippen LogP contribution in [0.2, 0.25) is 5.02 Å². The summed E-state index contributed by atoms with van der Waals surface area (Å²) in [6, 6.07) is 18.3. The maximum atomic E-state index is 13.6. The monoisotopic (exact) mass is 541 g/mol. The first-order chi connectivity index (χ1) is 18.7. The van der Waals surface area contributed by atoms with Crippen LogP contribution in [0.25, 0.3) is 22.2 Å². The Labute approximate surface area is 229 Å². The summed E-state index contributed by atoms with van der Waals surface area (Å²) in [5, 5.41) is 20.2. The number of pyridine rings is 1. The topological polar surface area (TPSA) is 112 Å². The molecule has 0 fully saturated rings. The lowest BCUT2D eigenvalue weighted by Gasteiger charge is -2.13. The highest BCUT2D eigenvalue weighted by Crippen LogP contribution is 2.33. The van der Waals surface area contributed by atoms with Gasteiger partial charge in [-0.1, -0.05) is 29.8 Å². The summed E-state index contributed by atoms with van der Waals surface area (Å²) in [7, 11) is 0. The number of rotatable bonds is 7. The Kier molecular flexibility index (Phi) is 7.00. The number of nitrogens with zero attached hydrogens (tertiary/aromatic N) is 4. The third kappa shape index (κ3) is 5.44. The largest absolute Gasteiger partial charge is 0.457 e. The molecule has 0 aliphatic rings. The first kappa shape index (κ1) is 25.9. The number of ether oxygens (including phenoxy) is 1. The van der Waals surface area contributed by atoms with Crippen LogP contribution in [-0.2, 0) is 6.54 Å². The molecule has 39 heavy (non-hydrogen) atoms. The lowest BCUT2D eigenvalue weighted by Crippen LogP contribution is -2.13. The molecule has 1 N–H and O–H groups in total. The minimum absolute atomic E-state index is 0.202. The zero-order valence-corrected chi connectivity index (χ0v) is 22.2. The van der Waals surface area contributed by atoms with E-state index in [2.05, 4.69) is 10.4 Å². The number of para-hydroxylation sites is 1. The molecule has 2 aromatic heterocycles. The van der Waals surface area contributed by atoms with E-state index in [1.165, 1.54) is 12.1 Å². The number of nitro benzene ring substituents is 1. The van der Waals surface area contributed by atoms with E-state index < -0.39 is 10.8 Å². The van der Waals surface area contributed by atoms with Gasteiger partial charge in [-0.25, -0.2) is 4.98 Å². The maximum Gasteiger partial charge on any atom is 0.275 e. The third-order valence-corrected chi connectivity index (χ3v) is 6.47.